The number of rotatable bonds is 3. The summed E-state index contributed by atoms with van der Waals surface area (Å²) in [5.74, 6) is 0.805. The van der Waals surface area contributed by atoms with E-state index in [9.17, 15) is 4.79 Å². The molecule has 1 fully saturated rings. The molecular formula is C14H17BrN2O. The first kappa shape index (κ1) is 12.2. The lowest BCUT2D eigenvalue weighted by Gasteiger charge is -2.16. The van der Waals surface area contributed by atoms with Crippen molar-refractivity contribution >= 4 is 27.5 Å². The van der Waals surface area contributed by atoms with Crippen LogP contribution in [0.3, 0.4) is 0 Å². The summed E-state index contributed by atoms with van der Waals surface area (Å²) >= 11 is 3.54. The van der Waals surface area contributed by atoms with E-state index in [1.165, 1.54) is 25.7 Å². The molecule has 3 rings (SSSR count). The van der Waals surface area contributed by atoms with Crippen molar-refractivity contribution in [1.82, 2.24) is 5.32 Å². The van der Waals surface area contributed by atoms with Crippen molar-refractivity contribution in [3.05, 3.63) is 28.2 Å². The zero-order valence-electron chi connectivity index (χ0n) is 10.2. The van der Waals surface area contributed by atoms with E-state index >= 15 is 0 Å². The summed E-state index contributed by atoms with van der Waals surface area (Å²) in [4.78, 5) is 12.0. The van der Waals surface area contributed by atoms with Gasteiger partial charge in [-0.05, 0) is 37.4 Å². The molecule has 1 aromatic rings. The maximum Gasteiger partial charge on any atom is 0.246 e. The van der Waals surface area contributed by atoms with Crippen molar-refractivity contribution in [3.63, 3.8) is 0 Å². The summed E-state index contributed by atoms with van der Waals surface area (Å²) in [5.41, 5.74) is 1.98. The highest BCUT2D eigenvalue weighted by Crippen LogP contribution is 2.36. The standard InChI is InChI=1S/C14H17BrN2O/c15-10-6-3-7-11-12(10)13(14(18)17-11)16-8-9-4-1-2-5-9/h3,6-7,9,13,16H,1-2,4-5,8H2,(H,17,18). The molecule has 4 heteroatoms. The number of hydrogen-bond acceptors (Lipinski definition) is 2. The van der Waals surface area contributed by atoms with Crippen molar-refractivity contribution < 1.29 is 4.79 Å². The molecule has 1 unspecified atom stereocenters. The molecule has 3 nitrogen and oxygen atoms in total. The second-order valence-electron chi connectivity index (χ2n) is 5.18. The van der Waals surface area contributed by atoms with Gasteiger partial charge < -0.3 is 10.6 Å². The first-order chi connectivity index (χ1) is 8.75. The summed E-state index contributed by atoms with van der Waals surface area (Å²) in [6.07, 6.45) is 5.27. The Hall–Kier alpha value is -0.870. The first-order valence-corrected chi connectivity index (χ1v) is 7.37. The van der Waals surface area contributed by atoms with Gasteiger partial charge in [0.15, 0.2) is 0 Å². The molecule has 1 atom stereocenters. The Morgan fingerprint density at radius 2 is 2.11 bits per heavy atom. The van der Waals surface area contributed by atoms with Crippen molar-refractivity contribution in [2.75, 3.05) is 11.9 Å². The Morgan fingerprint density at radius 1 is 1.33 bits per heavy atom. The maximum absolute atomic E-state index is 12.0. The number of carbonyl (C=O) groups is 1. The molecule has 2 aliphatic rings. The first-order valence-electron chi connectivity index (χ1n) is 6.58. The number of hydrogen-bond donors (Lipinski definition) is 2. The molecule has 1 aromatic carbocycles. The number of amides is 1. The van der Waals surface area contributed by atoms with Gasteiger partial charge >= 0.3 is 0 Å². The average molecular weight is 309 g/mol. The summed E-state index contributed by atoms with van der Waals surface area (Å²) in [6.45, 7) is 0.943. The minimum absolute atomic E-state index is 0.0647. The third-order valence-electron chi connectivity index (χ3n) is 3.95. The molecule has 18 heavy (non-hydrogen) atoms. The molecule has 96 valence electrons. The third kappa shape index (κ3) is 2.19. The monoisotopic (exact) mass is 308 g/mol. The van der Waals surface area contributed by atoms with E-state index in [4.69, 9.17) is 0 Å². The molecular weight excluding hydrogens is 292 g/mol. The maximum atomic E-state index is 12.0. The van der Waals surface area contributed by atoms with Gasteiger partial charge in [-0.1, -0.05) is 34.8 Å². The number of fused-ring (bicyclic) bond motifs is 1. The molecule has 1 amide bonds. The van der Waals surface area contributed by atoms with Gasteiger partial charge in [0.2, 0.25) is 5.91 Å². The minimum Gasteiger partial charge on any atom is -0.324 e. The number of benzene rings is 1. The van der Waals surface area contributed by atoms with Gasteiger partial charge in [-0.15, -0.1) is 0 Å². The fourth-order valence-electron chi connectivity index (χ4n) is 2.97. The third-order valence-corrected chi connectivity index (χ3v) is 4.64. The highest BCUT2D eigenvalue weighted by atomic mass is 79.9. The molecule has 2 N–H and O–H groups in total. The van der Waals surface area contributed by atoms with Crippen molar-refractivity contribution in [3.8, 4) is 0 Å². The number of nitrogens with one attached hydrogen (secondary N) is 2. The largest absolute Gasteiger partial charge is 0.324 e. The van der Waals surface area contributed by atoms with Gasteiger partial charge in [0.05, 0.1) is 0 Å². The van der Waals surface area contributed by atoms with Crippen molar-refractivity contribution in [1.29, 1.82) is 0 Å². The van der Waals surface area contributed by atoms with Crippen LogP contribution in [0.2, 0.25) is 0 Å². The molecule has 0 aromatic heterocycles. The predicted octanol–water partition coefficient (Wildman–Crippen LogP) is 3.22. The summed E-state index contributed by atoms with van der Waals surface area (Å²) < 4.78 is 1.00. The Labute approximate surface area is 115 Å². The van der Waals surface area contributed by atoms with Crippen LogP contribution in [0, 0.1) is 5.92 Å². The van der Waals surface area contributed by atoms with E-state index in [2.05, 4.69) is 26.6 Å². The lowest BCUT2D eigenvalue weighted by molar-refractivity contribution is -0.117. The predicted molar refractivity (Wildman–Crippen MR) is 75.5 cm³/mol. The second-order valence-corrected chi connectivity index (χ2v) is 6.04. The van der Waals surface area contributed by atoms with Gasteiger partial charge in [0.1, 0.15) is 6.04 Å². The van der Waals surface area contributed by atoms with Crippen LogP contribution in [-0.2, 0) is 4.79 Å². The molecule has 1 aliphatic heterocycles. The van der Waals surface area contributed by atoms with Crippen molar-refractivity contribution in [2.45, 2.75) is 31.7 Å². The van der Waals surface area contributed by atoms with E-state index in [1.54, 1.807) is 0 Å². The molecule has 1 heterocycles. The van der Waals surface area contributed by atoms with Gasteiger partial charge in [-0.3, -0.25) is 4.79 Å². The molecule has 1 saturated carbocycles. The fraction of sp³-hybridized carbons (Fsp3) is 0.500. The Balaban J connectivity index is 1.74. The van der Waals surface area contributed by atoms with Crippen LogP contribution in [0.15, 0.2) is 22.7 Å². The van der Waals surface area contributed by atoms with Crippen LogP contribution in [0.4, 0.5) is 5.69 Å². The van der Waals surface area contributed by atoms with Crippen LogP contribution in [0.1, 0.15) is 37.3 Å². The zero-order valence-corrected chi connectivity index (χ0v) is 11.8. The molecule has 0 bridgehead atoms. The normalized spacial score (nSPS) is 23.2. The topological polar surface area (TPSA) is 41.1 Å². The average Bonchev–Trinajstić information content (AvgIpc) is 2.94. The summed E-state index contributed by atoms with van der Waals surface area (Å²) in [6, 6.07) is 5.69. The van der Waals surface area contributed by atoms with E-state index in [0.717, 1.165) is 28.2 Å². The second kappa shape index (κ2) is 5.02. The minimum atomic E-state index is -0.198. The summed E-state index contributed by atoms with van der Waals surface area (Å²) in [5, 5.41) is 6.36. The Bertz CT molecular complexity index is 469. The van der Waals surface area contributed by atoms with E-state index in [0.29, 0.717) is 0 Å². The van der Waals surface area contributed by atoms with E-state index < -0.39 is 0 Å². The van der Waals surface area contributed by atoms with Gasteiger partial charge in [0, 0.05) is 15.7 Å². The number of carbonyl (C=O) groups excluding carboxylic acids is 1. The fourth-order valence-corrected chi connectivity index (χ4v) is 3.56. The number of anilines is 1. The van der Waals surface area contributed by atoms with Crippen LogP contribution >= 0.6 is 15.9 Å². The lowest BCUT2D eigenvalue weighted by Crippen LogP contribution is -2.31. The van der Waals surface area contributed by atoms with E-state index in [1.807, 2.05) is 18.2 Å². The lowest BCUT2D eigenvalue weighted by atomic mass is 10.1. The molecule has 1 aliphatic carbocycles. The Kier molecular flexibility index (Phi) is 3.39. The zero-order chi connectivity index (χ0) is 12.5. The highest BCUT2D eigenvalue weighted by molar-refractivity contribution is 9.10. The molecule has 0 saturated heterocycles. The van der Waals surface area contributed by atoms with Gasteiger partial charge in [-0.25, -0.2) is 0 Å². The van der Waals surface area contributed by atoms with Crippen LogP contribution < -0.4 is 10.6 Å². The van der Waals surface area contributed by atoms with Crippen LogP contribution in [0.5, 0.6) is 0 Å². The summed E-state index contributed by atoms with van der Waals surface area (Å²) in [7, 11) is 0. The van der Waals surface area contributed by atoms with Gasteiger partial charge in [-0.2, -0.15) is 0 Å². The van der Waals surface area contributed by atoms with Crippen LogP contribution in [0.25, 0.3) is 0 Å². The van der Waals surface area contributed by atoms with Crippen LogP contribution in [-0.4, -0.2) is 12.5 Å². The highest BCUT2D eigenvalue weighted by Gasteiger charge is 2.32. The van der Waals surface area contributed by atoms with E-state index in [-0.39, 0.29) is 11.9 Å². The smallest absolute Gasteiger partial charge is 0.246 e. The Morgan fingerprint density at radius 3 is 2.89 bits per heavy atom. The van der Waals surface area contributed by atoms with Crippen molar-refractivity contribution in [2.24, 2.45) is 5.92 Å². The van der Waals surface area contributed by atoms with Gasteiger partial charge in [0.25, 0.3) is 0 Å². The number of halogens is 1. The molecule has 0 spiro atoms. The molecule has 0 radical (unpaired) electrons. The quantitative estimate of drug-likeness (QED) is 0.900. The SMILES string of the molecule is O=C1Nc2cccc(Br)c2C1NCC1CCCC1.